The molecule has 0 bridgehead atoms. The van der Waals surface area contributed by atoms with Gasteiger partial charge in [0, 0.05) is 25.8 Å². The van der Waals surface area contributed by atoms with E-state index in [2.05, 4.69) is 15.8 Å². The van der Waals surface area contributed by atoms with Gasteiger partial charge in [-0.05, 0) is 28.8 Å². The standard InChI is InChI=1S/C24H25N3O4/c1-30-15-7-14-25-23(28)24(29)27-26-16-21-20-11-6-5-10-19(20)12-13-22(21)31-17-18-8-3-2-4-9-18/h2-6,8-13,16H,7,14-15,17H2,1H3,(H,25,28)(H,27,29)/b26-16-. The number of nitrogens with one attached hydrogen (secondary N) is 2. The molecule has 0 unspecified atom stereocenters. The smallest absolute Gasteiger partial charge is 0.329 e. The third kappa shape index (κ3) is 6.38. The molecule has 0 saturated heterocycles. The summed E-state index contributed by atoms with van der Waals surface area (Å²) in [6.07, 6.45) is 2.12. The Balaban J connectivity index is 1.71. The number of carbonyl (C=O) groups is 2. The van der Waals surface area contributed by atoms with Crippen molar-refractivity contribution in [3.05, 3.63) is 77.9 Å². The van der Waals surface area contributed by atoms with Crippen LogP contribution in [0.4, 0.5) is 0 Å². The zero-order chi connectivity index (χ0) is 21.9. The van der Waals surface area contributed by atoms with Crippen LogP contribution in [0.1, 0.15) is 17.5 Å². The summed E-state index contributed by atoms with van der Waals surface area (Å²) < 4.78 is 10.9. The Hall–Kier alpha value is -3.71. The summed E-state index contributed by atoms with van der Waals surface area (Å²) >= 11 is 0. The van der Waals surface area contributed by atoms with Crippen LogP contribution in [-0.4, -0.2) is 38.3 Å². The number of hydrogen-bond donors (Lipinski definition) is 2. The molecule has 0 spiro atoms. The number of rotatable bonds is 9. The summed E-state index contributed by atoms with van der Waals surface area (Å²) in [6, 6.07) is 21.5. The maximum Gasteiger partial charge on any atom is 0.329 e. The van der Waals surface area contributed by atoms with Gasteiger partial charge in [-0.2, -0.15) is 5.10 Å². The van der Waals surface area contributed by atoms with E-state index in [1.165, 1.54) is 6.21 Å². The Labute approximate surface area is 181 Å². The molecule has 0 radical (unpaired) electrons. The Morgan fingerprint density at radius 3 is 2.55 bits per heavy atom. The molecule has 7 heteroatoms. The van der Waals surface area contributed by atoms with E-state index in [-0.39, 0.29) is 0 Å². The van der Waals surface area contributed by atoms with Crippen molar-refractivity contribution in [1.29, 1.82) is 0 Å². The Bertz CT molecular complexity index is 1050. The number of benzene rings is 3. The highest BCUT2D eigenvalue weighted by molar-refractivity contribution is 6.35. The lowest BCUT2D eigenvalue weighted by atomic mass is 10.0. The van der Waals surface area contributed by atoms with Gasteiger partial charge < -0.3 is 14.8 Å². The first-order valence-electron chi connectivity index (χ1n) is 9.97. The predicted molar refractivity (Wildman–Crippen MR) is 120 cm³/mol. The zero-order valence-electron chi connectivity index (χ0n) is 17.3. The number of fused-ring (bicyclic) bond motifs is 1. The number of ether oxygens (including phenoxy) is 2. The van der Waals surface area contributed by atoms with Crippen LogP contribution in [0.5, 0.6) is 5.75 Å². The fraction of sp³-hybridized carbons (Fsp3) is 0.208. The number of hydrogen-bond acceptors (Lipinski definition) is 5. The number of nitrogens with zero attached hydrogens (tertiary/aromatic N) is 1. The number of amides is 2. The van der Waals surface area contributed by atoms with Crippen LogP contribution in [0.25, 0.3) is 10.8 Å². The van der Waals surface area contributed by atoms with E-state index in [1.807, 2.05) is 66.7 Å². The van der Waals surface area contributed by atoms with Crippen molar-refractivity contribution in [2.75, 3.05) is 20.3 Å². The highest BCUT2D eigenvalue weighted by Crippen LogP contribution is 2.27. The largest absolute Gasteiger partial charge is 0.488 e. The van der Waals surface area contributed by atoms with E-state index >= 15 is 0 Å². The van der Waals surface area contributed by atoms with Crippen LogP contribution in [0, 0.1) is 0 Å². The summed E-state index contributed by atoms with van der Waals surface area (Å²) in [5.74, 6) is -0.947. The highest BCUT2D eigenvalue weighted by Gasteiger charge is 2.12. The van der Waals surface area contributed by atoms with Gasteiger partial charge in [-0.25, -0.2) is 5.43 Å². The molecule has 0 atom stereocenters. The maximum atomic E-state index is 12.0. The van der Waals surface area contributed by atoms with Crippen molar-refractivity contribution < 1.29 is 19.1 Å². The summed E-state index contributed by atoms with van der Waals surface area (Å²) in [5.41, 5.74) is 4.03. The minimum Gasteiger partial charge on any atom is -0.488 e. The molecule has 0 saturated carbocycles. The van der Waals surface area contributed by atoms with Crippen LogP contribution in [-0.2, 0) is 20.9 Å². The van der Waals surface area contributed by atoms with Crippen LogP contribution < -0.4 is 15.5 Å². The quantitative estimate of drug-likeness (QED) is 0.242. The van der Waals surface area contributed by atoms with E-state index in [9.17, 15) is 9.59 Å². The molecule has 2 N–H and O–H groups in total. The van der Waals surface area contributed by atoms with Gasteiger partial charge >= 0.3 is 11.8 Å². The van der Waals surface area contributed by atoms with E-state index in [0.717, 1.165) is 21.9 Å². The predicted octanol–water partition coefficient (Wildman–Crippen LogP) is 3.02. The van der Waals surface area contributed by atoms with Crippen LogP contribution in [0.2, 0.25) is 0 Å². The second-order valence-electron chi connectivity index (χ2n) is 6.77. The highest BCUT2D eigenvalue weighted by atomic mass is 16.5. The third-order valence-electron chi connectivity index (χ3n) is 4.54. The molecule has 0 aromatic heterocycles. The fourth-order valence-electron chi connectivity index (χ4n) is 2.97. The number of carbonyl (C=O) groups excluding carboxylic acids is 2. The molecular weight excluding hydrogens is 394 g/mol. The lowest BCUT2D eigenvalue weighted by Crippen LogP contribution is -2.38. The third-order valence-corrected chi connectivity index (χ3v) is 4.54. The van der Waals surface area contributed by atoms with Crippen LogP contribution >= 0.6 is 0 Å². The van der Waals surface area contributed by atoms with Gasteiger partial charge in [0.15, 0.2) is 0 Å². The van der Waals surface area contributed by atoms with Gasteiger partial charge in [-0.15, -0.1) is 0 Å². The van der Waals surface area contributed by atoms with Crippen molar-refractivity contribution in [3.8, 4) is 5.75 Å². The topological polar surface area (TPSA) is 89.0 Å². The molecule has 3 rings (SSSR count). The molecule has 0 aliphatic heterocycles. The van der Waals surface area contributed by atoms with E-state index in [1.54, 1.807) is 7.11 Å². The van der Waals surface area contributed by atoms with Gasteiger partial charge in [-0.3, -0.25) is 9.59 Å². The molecular formula is C24H25N3O4. The van der Waals surface area contributed by atoms with Crippen molar-refractivity contribution in [3.63, 3.8) is 0 Å². The molecule has 7 nitrogen and oxygen atoms in total. The first-order valence-corrected chi connectivity index (χ1v) is 9.97. The van der Waals surface area contributed by atoms with Crippen molar-refractivity contribution >= 4 is 28.8 Å². The minimum absolute atomic E-state index is 0.352. The monoisotopic (exact) mass is 419 g/mol. The van der Waals surface area contributed by atoms with Gasteiger partial charge in [0.05, 0.1) is 6.21 Å². The van der Waals surface area contributed by atoms with Gasteiger partial charge in [0.25, 0.3) is 0 Å². The van der Waals surface area contributed by atoms with Crippen molar-refractivity contribution in [1.82, 2.24) is 10.7 Å². The second-order valence-corrected chi connectivity index (χ2v) is 6.77. The molecule has 160 valence electrons. The molecule has 3 aromatic carbocycles. The van der Waals surface area contributed by atoms with Gasteiger partial charge in [-0.1, -0.05) is 60.7 Å². The summed E-state index contributed by atoms with van der Waals surface area (Å²) in [4.78, 5) is 23.8. The molecule has 0 aliphatic rings. The fourth-order valence-corrected chi connectivity index (χ4v) is 2.97. The lowest BCUT2D eigenvalue weighted by molar-refractivity contribution is -0.139. The second kappa shape index (κ2) is 11.5. The van der Waals surface area contributed by atoms with Gasteiger partial charge in [0.2, 0.25) is 0 Å². The first kappa shape index (κ1) is 22.0. The van der Waals surface area contributed by atoms with Crippen molar-refractivity contribution in [2.24, 2.45) is 5.10 Å². The summed E-state index contributed by atoms with van der Waals surface area (Å²) in [6.45, 7) is 1.26. The van der Waals surface area contributed by atoms with E-state index < -0.39 is 11.8 Å². The normalized spacial score (nSPS) is 10.9. The summed E-state index contributed by atoms with van der Waals surface area (Å²) in [7, 11) is 1.58. The minimum atomic E-state index is -0.833. The molecule has 31 heavy (non-hydrogen) atoms. The Kier molecular flexibility index (Phi) is 8.13. The average Bonchev–Trinajstić information content (AvgIpc) is 2.81. The van der Waals surface area contributed by atoms with Crippen molar-refractivity contribution in [2.45, 2.75) is 13.0 Å². The SMILES string of the molecule is COCCCNC(=O)C(=O)N/N=C\c1c(OCc2ccccc2)ccc2ccccc12. The zero-order valence-corrected chi connectivity index (χ0v) is 17.3. The van der Waals surface area contributed by atoms with E-state index in [0.29, 0.717) is 31.9 Å². The first-order chi connectivity index (χ1) is 15.2. The molecule has 2 amide bonds. The Morgan fingerprint density at radius 1 is 0.968 bits per heavy atom. The number of methoxy groups -OCH3 is 1. The summed E-state index contributed by atoms with van der Waals surface area (Å²) in [5, 5.41) is 8.44. The molecule has 0 heterocycles. The lowest BCUT2D eigenvalue weighted by Gasteiger charge is -2.12. The molecule has 3 aromatic rings. The maximum absolute atomic E-state index is 12.0. The van der Waals surface area contributed by atoms with Crippen LogP contribution in [0.15, 0.2) is 71.8 Å². The van der Waals surface area contributed by atoms with Crippen LogP contribution in [0.3, 0.4) is 0 Å². The molecule has 0 fully saturated rings. The van der Waals surface area contributed by atoms with E-state index in [4.69, 9.17) is 9.47 Å². The molecule has 0 aliphatic carbocycles. The average molecular weight is 419 g/mol. The number of hydrazone groups is 1. The van der Waals surface area contributed by atoms with Gasteiger partial charge in [0.1, 0.15) is 12.4 Å². The Morgan fingerprint density at radius 2 is 1.74 bits per heavy atom.